The summed E-state index contributed by atoms with van der Waals surface area (Å²) in [6.45, 7) is 0. The van der Waals surface area contributed by atoms with Gasteiger partial charge in [0.05, 0.1) is 0 Å². The first-order chi connectivity index (χ1) is 16.8. The molecule has 7 rings (SSSR count). The van der Waals surface area contributed by atoms with E-state index in [1.165, 1.54) is 48.6 Å². The molecule has 0 saturated carbocycles. The van der Waals surface area contributed by atoms with Gasteiger partial charge in [0.1, 0.15) is 0 Å². The van der Waals surface area contributed by atoms with Crippen molar-refractivity contribution in [3.8, 4) is 11.1 Å². The summed E-state index contributed by atoms with van der Waals surface area (Å²) < 4.78 is 0. The molecule has 5 heteroatoms. The number of hydrogen-bond acceptors (Lipinski definition) is 0. The van der Waals surface area contributed by atoms with E-state index in [-0.39, 0.29) is 58.0 Å². The second kappa shape index (κ2) is 10.9. The maximum atomic E-state index is 8.31. The first kappa shape index (κ1) is 27.9. The summed E-state index contributed by atoms with van der Waals surface area (Å²) in [6.07, 6.45) is 8.98. The third kappa shape index (κ3) is 4.08. The van der Waals surface area contributed by atoms with Crippen LogP contribution in [0.25, 0.3) is 21.9 Å². The Hall–Kier alpha value is -2.10. The Kier molecular flexibility index (Phi) is 8.26. The number of allylic oxidation sites excluding steroid dienone is 4. The molecule has 3 aliphatic rings. The summed E-state index contributed by atoms with van der Waals surface area (Å²) in [5, 5.41) is 5.35. The molecule has 0 aromatic heterocycles. The Morgan fingerprint density at radius 2 is 1.14 bits per heavy atom. The van der Waals surface area contributed by atoms with Crippen molar-refractivity contribution in [3.63, 3.8) is 0 Å². The summed E-state index contributed by atoms with van der Waals surface area (Å²) in [6, 6.07) is 37.6. The van der Waals surface area contributed by atoms with Crippen molar-refractivity contribution in [1.82, 2.24) is 0 Å². The normalized spacial score (nSPS) is 17.8. The standard InChI is InChI=1S/C32H23ClSi.2ClH.Ti/c33-34(22-12-2-1-3-13-22,31-27-18-8-4-14-23(27)24-15-5-9-19-28(24)31)32-29-20-10-6-16-25(29)26-17-7-11-21-30(26)32;;;/h1-21,27,32H;2*1H;/q;;;+2/p-2. The van der Waals surface area contributed by atoms with Crippen LogP contribution >= 0.6 is 11.1 Å². The number of hydrogen-bond donors (Lipinski definition) is 0. The molecule has 4 aromatic carbocycles. The molecule has 0 spiro atoms. The van der Waals surface area contributed by atoms with Gasteiger partial charge in [-0.25, -0.2) is 0 Å². The molecule has 4 aromatic rings. The van der Waals surface area contributed by atoms with Crippen LogP contribution < -0.4 is 40.4 Å². The number of rotatable bonds is 3. The molecule has 2 atom stereocenters. The topological polar surface area (TPSA) is 0 Å². The van der Waals surface area contributed by atoms with Crippen LogP contribution in [0.4, 0.5) is 0 Å². The molecule has 0 bridgehead atoms. The van der Waals surface area contributed by atoms with Crippen LogP contribution in [0.2, 0.25) is 0 Å². The van der Waals surface area contributed by atoms with Gasteiger partial charge in [0, 0.05) is 11.5 Å². The van der Waals surface area contributed by atoms with Crippen molar-refractivity contribution >= 4 is 34.4 Å². The molecule has 0 fully saturated rings. The molecule has 0 saturated heterocycles. The van der Waals surface area contributed by atoms with Crippen molar-refractivity contribution in [3.05, 3.63) is 149 Å². The van der Waals surface area contributed by atoms with Crippen LogP contribution in [0.3, 0.4) is 0 Å². The largest absolute Gasteiger partial charge is 2.00 e. The van der Waals surface area contributed by atoms with Gasteiger partial charge in [0.25, 0.3) is 0 Å². The van der Waals surface area contributed by atoms with Gasteiger partial charge in [0.15, 0.2) is 0 Å². The Morgan fingerprint density at radius 1 is 0.595 bits per heavy atom. The van der Waals surface area contributed by atoms with E-state index in [0.29, 0.717) is 0 Å². The summed E-state index contributed by atoms with van der Waals surface area (Å²) in [7, 11) is -2.84. The molecule has 2 unspecified atom stereocenters. The average Bonchev–Trinajstić information content (AvgIpc) is 3.43. The zero-order valence-electron chi connectivity index (χ0n) is 19.9. The monoisotopic (exact) mass is 588 g/mol. The summed E-state index contributed by atoms with van der Waals surface area (Å²) in [4.78, 5) is 0. The van der Waals surface area contributed by atoms with Gasteiger partial charge >= 0.3 is 21.7 Å². The van der Waals surface area contributed by atoms with Crippen LogP contribution in [0.15, 0.2) is 127 Å². The van der Waals surface area contributed by atoms with Gasteiger partial charge in [-0.1, -0.05) is 127 Å². The predicted molar refractivity (Wildman–Crippen MR) is 146 cm³/mol. The number of fused-ring (bicyclic) bond motifs is 5. The fourth-order valence-electron chi connectivity index (χ4n) is 6.35. The van der Waals surface area contributed by atoms with Gasteiger partial charge in [-0.2, -0.15) is 11.1 Å². The van der Waals surface area contributed by atoms with Crippen molar-refractivity contribution in [1.29, 1.82) is 0 Å². The third-order valence-corrected chi connectivity index (χ3v) is 13.6. The van der Waals surface area contributed by atoms with Crippen LogP contribution in [0.1, 0.15) is 16.7 Å². The molecule has 0 radical (unpaired) electrons. The number of benzene rings is 4. The van der Waals surface area contributed by atoms with Crippen molar-refractivity contribution in [2.75, 3.05) is 0 Å². The maximum Gasteiger partial charge on any atom is 2.00 e. The van der Waals surface area contributed by atoms with E-state index < -0.39 is 7.38 Å². The van der Waals surface area contributed by atoms with Crippen molar-refractivity contribution in [2.24, 2.45) is 5.92 Å². The van der Waals surface area contributed by atoms with Gasteiger partial charge in [0.2, 0.25) is 7.38 Å². The second-order valence-corrected chi connectivity index (χ2v) is 14.2. The molecular weight excluding hydrogens is 567 g/mol. The smallest absolute Gasteiger partial charge is 1.00 e. The van der Waals surface area contributed by atoms with E-state index in [2.05, 4.69) is 127 Å². The molecule has 0 nitrogen and oxygen atoms in total. The minimum absolute atomic E-state index is 0. The Balaban J connectivity index is 0.00000107. The van der Waals surface area contributed by atoms with Crippen molar-refractivity contribution < 1.29 is 46.5 Å². The molecule has 180 valence electrons. The first-order valence-corrected chi connectivity index (χ1v) is 15.0. The minimum atomic E-state index is -2.84. The Bertz CT molecular complexity index is 1600. The minimum Gasteiger partial charge on any atom is -1.00 e. The second-order valence-electron chi connectivity index (χ2n) is 9.32. The van der Waals surface area contributed by atoms with Crippen LogP contribution in [0.5, 0.6) is 0 Å². The Morgan fingerprint density at radius 3 is 1.78 bits per heavy atom. The molecule has 0 N–H and O–H groups in total. The fraction of sp³-hybridized carbons (Fsp3) is 0.0625. The van der Waals surface area contributed by atoms with Gasteiger partial charge in [-0.05, 0) is 48.6 Å². The first-order valence-electron chi connectivity index (χ1n) is 11.9. The van der Waals surface area contributed by atoms with Crippen LogP contribution in [-0.2, 0) is 21.7 Å². The average molecular weight is 590 g/mol. The molecule has 0 aliphatic heterocycles. The van der Waals surface area contributed by atoms with Crippen molar-refractivity contribution in [2.45, 2.75) is 5.54 Å². The number of halogens is 3. The quantitative estimate of drug-likeness (QED) is 0.228. The third-order valence-electron chi connectivity index (χ3n) is 7.68. The zero-order chi connectivity index (χ0) is 22.7. The van der Waals surface area contributed by atoms with E-state index in [1.54, 1.807) is 0 Å². The van der Waals surface area contributed by atoms with Crippen LogP contribution in [-0.4, -0.2) is 7.38 Å². The molecule has 0 amide bonds. The molecule has 37 heavy (non-hydrogen) atoms. The summed E-state index contributed by atoms with van der Waals surface area (Å²) in [5.41, 5.74) is 6.90. The van der Waals surface area contributed by atoms with Gasteiger partial charge in [-0.15, -0.1) is 0 Å². The van der Waals surface area contributed by atoms with E-state index in [9.17, 15) is 0 Å². The summed E-state index contributed by atoms with van der Waals surface area (Å²) in [5.74, 6) is 0.215. The Labute approximate surface area is 250 Å². The van der Waals surface area contributed by atoms with E-state index in [0.717, 1.165) is 0 Å². The zero-order valence-corrected chi connectivity index (χ0v) is 24.7. The van der Waals surface area contributed by atoms with Gasteiger partial charge in [-0.3, -0.25) is 0 Å². The SMILES string of the molecule is Cl[Si](C1=c2ccccc2=C2C=CC=CC21)(c1ccccc1)C1c2ccccc2-c2ccccc21.[Cl-].[Cl-].[Ti+2]. The maximum absolute atomic E-state index is 8.31. The molecule has 0 heterocycles. The fourth-order valence-corrected chi connectivity index (χ4v) is 12.4. The van der Waals surface area contributed by atoms with Gasteiger partial charge < -0.3 is 24.8 Å². The molecular formula is C32H23Cl3SiTi. The predicted octanol–water partition coefficient (Wildman–Crippen LogP) is -0.268. The van der Waals surface area contributed by atoms with Crippen LogP contribution in [0, 0.1) is 5.92 Å². The van der Waals surface area contributed by atoms with E-state index in [1.807, 2.05) is 0 Å². The van der Waals surface area contributed by atoms with E-state index >= 15 is 0 Å². The van der Waals surface area contributed by atoms with E-state index in [4.69, 9.17) is 11.1 Å². The molecule has 3 aliphatic carbocycles. The summed E-state index contributed by atoms with van der Waals surface area (Å²) >= 11 is 8.31.